The number of hydrogen-bond acceptors (Lipinski definition) is 6. The summed E-state index contributed by atoms with van der Waals surface area (Å²) in [6, 6.07) is 17.4. The third kappa shape index (κ3) is 5.36. The highest BCUT2D eigenvalue weighted by molar-refractivity contribution is 5.83. The van der Waals surface area contributed by atoms with Gasteiger partial charge in [-0.25, -0.2) is 0 Å². The van der Waals surface area contributed by atoms with Crippen molar-refractivity contribution in [3.8, 4) is 11.4 Å². The number of carbonyl (C=O) groups is 2. The molecule has 0 unspecified atom stereocenters. The highest BCUT2D eigenvalue weighted by atomic mass is 16.5. The molecule has 0 spiro atoms. The predicted octanol–water partition coefficient (Wildman–Crippen LogP) is 3.05. The molecule has 2 heterocycles. The van der Waals surface area contributed by atoms with Crippen molar-refractivity contribution in [2.75, 3.05) is 13.2 Å². The molecule has 31 heavy (non-hydrogen) atoms. The van der Waals surface area contributed by atoms with Crippen LogP contribution >= 0.6 is 0 Å². The van der Waals surface area contributed by atoms with E-state index < -0.39 is 5.97 Å². The zero-order valence-corrected chi connectivity index (χ0v) is 16.8. The Morgan fingerprint density at radius 3 is 2.71 bits per heavy atom. The van der Waals surface area contributed by atoms with Crippen LogP contribution in [0.2, 0.25) is 0 Å². The molecule has 8 nitrogen and oxygen atoms in total. The van der Waals surface area contributed by atoms with Crippen LogP contribution in [0.5, 0.6) is 0 Å². The second-order valence-electron chi connectivity index (χ2n) is 7.00. The highest BCUT2D eigenvalue weighted by Crippen LogP contribution is 2.18. The van der Waals surface area contributed by atoms with Crippen LogP contribution in [0.15, 0.2) is 65.3 Å². The van der Waals surface area contributed by atoms with E-state index in [-0.39, 0.29) is 25.4 Å². The quantitative estimate of drug-likeness (QED) is 0.404. The van der Waals surface area contributed by atoms with E-state index in [2.05, 4.69) is 20.4 Å². The second-order valence-corrected chi connectivity index (χ2v) is 7.00. The maximum absolute atomic E-state index is 11.9. The third-order valence-electron chi connectivity index (χ3n) is 4.80. The summed E-state index contributed by atoms with van der Waals surface area (Å²) in [4.78, 5) is 31.3. The summed E-state index contributed by atoms with van der Waals surface area (Å²) >= 11 is 0. The molecule has 158 valence electrons. The molecule has 4 rings (SSSR count). The molecular weight excluding hydrogens is 396 g/mol. The smallest absolute Gasteiger partial charge is 0.306 e. The lowest BCUT2D eigenvalue weighted by Gasteiger charge is -2.06. The number of nitrogens with one attached hydrogen (secondary N) is 2. The zero-order chi connectivity index (χ0) is 21.5. The van der Waals surface area contributed by atoms with E-state index in [9.17, 15) is 9.59 Å². The monoisotopic (exact) mass is 418 g/mol. The lowest BCUT2D eigenvalue weighted by molar-refractivity contribution is -0.148. The zero-order valence-electron chi connectivity index (χ0n) is 16.8. The number of rotatable bonds is 9. The molecule has 4 aromatic rings. The Bertz CT molecular complexity index is 1170. The van der Waals surface area contributed by atoms with Gasteiger partial charge in [-0.1, -0.05) is 53.7 Å². The molecule has 0 atom stereocenters. The number of ether oxygens (including phenoxy) is 1. The molecule has 0 bridgehead atoms. The number of aromatic nitrogens is 3. The predicted molar refractivity (Wildman–Crippen MR) is 114 cm³/mol. The molecule has 0 saturated heterocycles. The number of carbonyl (C=O) groups excluding carboxylic acids is 2. The normalized spacial score (nSPS) is 10.8. The molecule has 8 heteroatoms. The number of fused-ring (bicyclic) bond motifs is 1. The first-order valence-electron chi connectivity index (χ1n) is 10.0. The number of H-pyrrole nitrogens is 1. The van der Waals surface area contributed by atoms with Crippen LogP contribution in [0.1, 0.15) is 17.9 Å². The summed E-state index contributed by atoms with van der Waals surface area (Å²) in [6.07, 6.45) is 2.93. The van der Waals surface area contributed by atoms with Crippen molar-refractivity contribution >= 4 is 22.8 Å². The van der Waals surface area contributed by atoms with Crippen molar-refractivity contribution in [3.05, 3.63) is 72.2 Å². The minimum Gasteiger partial charge on any atom is -0.456 e. The van der Waals surface area contributed by atoms with E-state index in [1.54, 1.807) is 0 Å². The van der Waals surface area contributed by atoms with Gasteiger partial charge in [0.05, 0.1) is 6.42 Å². The van der Waals surface area contributed by atoms with Crippen LogP contribution in [-0.2, 0) is 27.2 Å². The first kappa shape index (κ1) is 20.3. The van der Waals surface area contributed by atoms with Gasteiger partial charge in [-0.3, -0.25) is 9.59 Å². The molecule has 0 radical (unpaired) electrons. The molecule has 0 aliphatic heterocycles. The highest BCUT2D eigenvalue weighted by Gasteiger charge is 2.12. The molecular formula is C23H22N4O4. The number of esters is 1. The van der Waals surface area contributed by atoms with Gasteiger partial charge in [0.2, 0.25) is 11.7 Å². The number of aryl methyl sites for hydroxylation is 1. The van der Waals surface area contributed by atoms with Gasteiger partial charge in [0, 0.05) is 35.6 Å². The van der Waals surface area contributed by atoms with E-state index in [1.165, 1.54) is 0 Å². The minimum atomic E-state index is -0.494. The van der Waals surface area contributed by atoms with Gasteiger partial charge >= 0.3 is 5.97 Å². The van der Waals surface area contributed by atoms with Crippen molar-refractivity contribution in [3.63, 3.8) is 0 Å². The Balaban J connectivity index is 1.15. The fraction of sp³-hybridized carbons (Fsp3) is 0.217. The van der Waals surface area contributed by atoms with E-state index in [4.69, 9.17) is 9.26 Å². The van der Waals surface area contributed by atoms with Crippen molar-refractivity contribution in [1.29, 1.82) is 0 Å². The summed E-state index contributed by atoms with van der Waals surface area (Å²) in [7, 11) is 0. The SMILES string of the molecule is O=C(COC(=O)CCc1nc(-c2ccccc2)no1)NCCc1c[nH]c2ccccc12. The van der Waals surface area contributed by atoms with E-state index in [0.717, 1.165) is 22.0 Å². The summed E-state index contributed by atoms with van der Waals surface area (Å²) in [5.74, 6) is -0.0129. The lowest BCUT2D eigenvalue weighted by Crippen LogP contribution is -2.30. The van der Waals surface area contributed by atoms with Crippen molar-refractivity contribution in [1.82, 2.24) is 20.4 Å². The number of para-hydroxylation sites is 1. The largest absolute Gasteiger partial charge is 0.456 e. The van der Waals surface area contributed by atoms with Crippen LogP contribution in [0, 0.1) is 0 Å². The van der Waals surface area contributed by atoms with E-state index in [0.29, 0.717) is 24.7 Å². The first-order valence-corrected chi connectivity index (χ1v) is 10.0. The average Bonchev–Trinajstić information content (AvgIpc) is 3.44. The topological polar surface area (TPSA) is 110 Å². The van der Waals surface area contributed by atoms with Gasteiger partial charge in [-0.2, -0.15) is 4.98 Å². The number of benzene rings is 2. The third-order valence-corrected chi connectivity index (χ3v) is 4.80. The van der Waals surface area contributed by atoms with Crippen molar-refractivity contribution in [2.45, 2.75) is 19.3 Å². The van der Waals surface area contributed by atoms with Crippen molar-refractivity contribution < 1.29 is 18.8 Å². The number of amides is 1. The van der Waals surface area contributed by atoms with Gasteiger partial charge in [-0.05, 0) is 18.1 Å². The van der Waals surface area contributed by atoms with Crippen LogP contribution in [-0.4, -0.2) is 40.2 Å². The Morgan fingerprint density at radius 2 is 1.84 bits per heavy atom. The molecule has 2 aromatic heterocycles. The van der Waals surface area contributed by atoms with Crippen molar-refractivity contribution in [2.24, 2.45) is 0 Å². The van der Waals surface area contributed by atoms with Gasteiger partial charge in [0.1, 0.15) is 0 Å². The van der Waals surface area contributed by atoms with E-state index >= 15 is 0 Å². The van der Waals surface area contributed by atoms with Crippen LogP contribution in [0.3, 0.4) is 0 Å². The summed E-state index contributed by atoms with van der Waals surface area (Å²) in [6.45, 7) is 0.147. The Morgan fingerprint density at radius 1 is 1.03 bits per heavy atom. The summed E-state index contributed by atoms with van der Waals surface area (Å²) in [5.41, 5.74) is 3.03. The lowest BCUT2D eigenvalue weighted by atomic mass is 10.1. The maximum atomic E-state index is 11.9. The molecule has 1 amide bonds. The Kier molecular flexibility index (Phi) is 6.37. The fourth-order valence-corrected chi connectivity index (χ4v) is 3.21. The summed E-state index contributed by atoms with van der Waals surface area (Å²) < 4.78 is 10.2. The molecule has 0 saturated carbocycles. The fourth-order valence-electron chi connectivity index (χ4n) is 3.21. The second kappa shape index (κ2) is 9.71. The average molecular weight is 418 g/mol. The van der Waals surface area contributed by atoms with Gasteiger partial charge in [-0.15, -0.1) is 0 Å². The van der Waals surface area contributed by atoms with Gasteiger partial charge < -0.3 is 19.6 Å². The number of aromatic amines is 1. The molecule has 2 aromatic carbocycles. The minimum absolute atomic E-state index is 0.0546. The molecule has 0 aliphatic rings. The molecule has 2 N–H and O–H groups in total. The maximum Gasteiger partial charge on any atom is 0.306 e. The Hall–Kier alpha value is -3.94. The Labute approximate surface area is 178 Å². The van der Waals surface area contributed by atoms with Gasteiger partial charge in [0.25, 0.3) is 5.91 Å². The van der Waals surface area contributed by atoms with Gasteiger partial charge in [0.15, 0.2) is 6.61 Å². The van der Waals surface area contributed by atoms with Crippen LogP contribution in [0.4, 0.5) is 0 Å². The summed E-state index contributed by atoms with van der Waals surface area (Å²) in [5, 5.41) is 7.81. The standard InChI is InChI=1S/C23H22N4O4/c28-20(24-13-12-17-14-25-19-9-5-4-8-18(17)19)15-30-22(29)11-10-21-26-23(27-31-21)16-6-2-1-3-7-16/h1-9,14,25H,10-13,15H2,(H,24,28). The van der Waals surface area contributed by atoms with E-state index in [1.807, 2.05) is 60.8 Å². The van der Waals surface area contributed by atoms with Crippen LogP contribution < -0.4 is 5.32 Å². The number of hydrogen-bond donors (Lipinski definition) is 2. The number of nitrogens with zero attached hydrogens (tertiary/aromatic N) is 2. The first-order chi connectivity index (χ1) is 15.2. The molecule has 0 fully saturated rings. The molecule has 0 aliphatic carbocycles. The van der Waals surface area contributed by atoms with Crippen LogP contribution in [0.25, 0.3) is 22.3 Å².